The Labute approximate surface area is 190 Å². The molecule has 33 heavy (non-hydrogen) atoms. The lowest BCUT2D eigenvalue weighted by atomic mass is 9.93. The van der Waals surface area contributed by atoms with Crippen molar-refractivity contribution in [3.05, 3.63) is 65.4 Å². The maximum Gasteiger partial charge on any atom is 0.266 e. The zero-order valence-corrected chi connectivity index (χ0v) is 19.1. The Morgan fingerprint density at radius 2 is 1.82 bits per heavy atom. The van der Waals surface area contributed by atoms with Gasteiger partial charge in [-0.05, 0) is 31.9 Å². The molecule has 6 nitrogen and oxygen atoms in total. The maximum atomic E-state index is 14.6. The molecule has 4 rings (SSSR count). The summed E-state index contributed by atoms with van der Waals surface area (Å²) in [6.07, 6.45) is 2.93. The summed E-state index contributed by atoms with van der Waals surface area (Å²) in [7, 11) is -3.21. The zero-order valence-electron chi connectivity index (χ0n) is 18.3. The number of pyridine rings is 2. The summed E-state index contributed by atoms with van der Waals surface area (Å²) in [4.78, 5) is 8.88. The first-order valence-corrected chi connectivity index (χ1v) is 12.5. The lowest BCUT2D eigenvalue weighted by molar-refractivity contribution is 0.146. The molecule has 1 aliphatic rings. The van der Waals surface area contributed by atoms with Gasteiger partial charge in [-0.15, -0.1) is 0 Å². The van der Waals surface area contributed by atoms with Gasteiger partial charge < -0.3 is 5.32 Å². The summed E-state index contributed by atoms with van der Waals surface area (Å²) in [6.45, 7) is 2.60. The molecule has 0 saturated carbocycles. The molecule has 0 radical (unpaired) electrons. The summed E-state index contributed by atoms with van der Waals surface area (Å²) in [5.41, 5.74) is 1.70. The van der Waals surface area contributed by atoms with Gasteiger partial charge in [0.25, 0.3) is 6.43 Å². The quantitative estimate of drug-likeness (QED) is 0.539. The van der Waals surface area contributed by atoms with Crippen LogP contribution >= 0.6 is 0 Å². The minimum Gasteiger partial charge on any atom is -0.378 e. The van der Waals surface area contributed by atoms with Crippen LogP contribution < -0.4 is 5.32 Å². The fraction of sp³-hybridized carbons (Fsp3) is 0.391. The lowest BCUT2D eigenvalue weighted by Gasteiger charge is -2.30. The number of nitrogens with one attached hydrogen (secondary N) is 1. The number of rotatable bonds is 6. The number of halogens is 3. The van der Waals surface area contributed by atoms with Gasteiger partial charge in [-0.25, -0.2) is 25.9 Å². The van der Waals surface area contributed by atoms with E-state index >= 15 is 0 Å². The van der Waals surface area contributed by atoms with Crippen molar-refractivity contribution in [1.82, 2.24) is 14.3 Å². The van der Waals surface area contributed by atoms with Gasteiger partial charge in [0, 0.05) is 47.5 Å². The number of hydrogen-bond donors (Lipinski definition) is 1. The molecule has 0 amide bonds. The van der Waals surface area contributed by atoms with Gasteiger partial charge >= 0.3 is 0 Å². The van der Waals surface area contributed by atoms with Gasteiger partial charge in [-0.1, -0.05) is 18.2 Å². The Bertz CT molecular complexity index is 1260. The van der Waals surface area contributed by atoms with E-state index in [1.165, 1.54) is 22.7 Å². The molecule has 1 aromatic carbocycles. The van der Waals surface area contributed by atoms with Crippen molar-refractivity contribution < 1.29 is 21.6 Å². The highest BCUT2D eigenvalue weighted by Gasteiger charge is 2.27. The smallest absolute Gasteiger partial charge is 0.266 e. The van der Waals surface area contributed by atoms with E-state index in [9.17, 15) is 21.6 Å². The van der Waals surface area contributed by atoms with Crippen LogP contribution in [-0.2, 0) is 10.0 Å². The molecule has 1 N–H and O–H groups in total. The maximum absolute atomic E-state index is 14.6. The molecule has 0 spiro atoms. The SMILES string of the molecule is C[C@@H](Nc1ccnc2cnc(C3CCN(S(C)(=O)=O)CC3)cc12)c1cccc(C(F)F)c1F. The van der Waals surface area contributed by atoms with E-state index in [1.807, 2.05) is 6.07 Å². The van der Waals surface area contributed by atoms with Gasteiger partial charge in [-0.2, -0.15) is 0 Å². The fourth-order valence-corrected chi connectivity index (χ4v) is 5.15. The molecule has 10 heteroatoms. The second kappa shape index (κ2) is 9.26. The summed E-state index contributed by atoms with van der Waals surface area (Å²) in [6, 6.07) is 7.11. The van der Waals surface area contributed by atoms with E-state index in [0.717, 1.165) is 17.1 Å². The van der Waals surface area contributed by atoms with Crippen molar-refractivity contribution in [2.45, 2.75) is 38.2 Å². The van der Waals surface area contributed by atoms with E-state index in [4.69, 9.17) is 0 Å². The topological polar surface area (TPSA) is 75.2 Å². The van der Waals surface area contributed by atoms with Crippen LogP contribution in [0.4, 0.5) is 18.9 Å². The summed E-state index contributed by atoms with van der Waals surface area (Å²) in [5.74, 6) is -0.802. The highest BCUT2D eigenvalue weighted by molar-refractivity contribution is 7.88. The largest absolute Gasteiger partial charge is 0.378 e. The highest BCUT2D eigenvalue weighted by Crippen LogP contribution is 2.33. The van der Waals surface area contributed by atoms with E-state index < -0.39 is 33.9 Å². The first kappa shape index (κ1) is 23.4. The van der Waals surface area contributed by atoms with Crippen LogP contribution in [0.25, 0.3) is 10.9 Å². The first-order chi connectivity index (χ1) is 15.6. The van der Waals surface area contributed by atoms with E-state index in [0.29, 0.717) is 37.1 Å². The molecule has 3 heterocycles. The van der Waals surface area contributed by atoms with Gasteiger partial charge in [0.2, 0.25) is 10.0 Å². The third kappa shape index (κ3) is 4.96. The second-order valence-electron chi connectivity index (χ2n) is 8.34. The van der Waals surface area contributed by atoms with Gasteiger partial charge in [0.05, 0.1) is 29.6 Å². The average Bonchev–Trinajstić information content (AvgIpc) is 2.78. The monoisotopic (exact) mass is 478 g/mol. The van der Waals surface area contributed by atoms with E-state index in [2.05, 4.69) is 15.3 Å². The molecule has 1 atom stereocenters. The van der Waals surface area contributed by atoms with Crippen molar-refractivity contribution in [3.8, 4) is 0 Å². The Kier molecular flexibility index (Phi) is 6.58. The van der Waals surface area contributed by atoms with E-state index in [1.54, 1.807) is 25.4 Å². The molecule has 0 bridgehead atoms. The van der Waals surface area contributed by atoms with Crippen LogP contribution in [-0.4, -0.2) is 42.0 Å². The number of alkyl halides is 2. The van der Waals surface area contributed by atoms with Crippen LogP contribution in [0.1, 0.15) is 55.0 Å². The third-order valence-corrected chi connectivity index (χ3v) is 7.43. The molecule has 3 aromatic rings. The number of benzene rings is 1. The van der Waals surface area contributed by atoms with Crippen molar-refractivity contribution >= 4 is 26.6 Å². The van der Waals surface area contributed by atoms with Gasteiger partial charge in [0.1, 0.15) is 5.82 Å². The molecule has 1 saturated heterocycles. The molecule has 0 unspecified atom stereocenters. The fourth-order valence-electron chi connectivity index (χ4n) is 4.28. The Morgan fingerprint density at radius 1 is 1.12 bits per heavy atom. The molecule has 176 valence electrons. The number of anilines is 1. The molecular weight excluding hydrogens is 453 g/mol. The second-order valence-corrected chi connectivity index (χ2v) is 10.3. The van der Waals surface area contributed by atoms with Crippen LogP contribution in [0.3, 0.4) is 0 Å². The number of nitrogens with zero attached hydrogens (tertiary/aromatic N) is 3. The van der Waals surface area contributed by atoms with Crippen molar-refractivity contribution in [2.75, 3.05) is 24.7 Å². The van der Waals surface area contributed by atoms with Crippen LogP contribution in [0.5, 0.6) is 0 Å². The van der Waals surface area contributed by atoms with Gasteiger partial charge in [0.15, 0.2) is 0 Å². The molecule has 2 aromatic heterocycles. The molecular formula is C23H25F3N4O2S. The molecule has 1 aliphatic heterocycles. The molecule has 0 aliphatic carbocycles. The van der Waals surface area contributed by atoms with Crippen molar-refractivity contribution in [2.24, 2.45) is 0 Å². The third-order valence-electron chi connectivity index (χ3n) is 6.12. The first-order valence-electron chi connectivity index (χ1n) is 10.7. The lowest BCUT2D eigenvalue weighted by Crippen LogP contribution is -2.37. The predicted molar refractivity (Wildman–Crippen MR) is 121 cm³/mol. The standard InChI is InChI=1S/C23H25F3N4O2S/c1-14(16-4-3-5-17(22(16)24)23(25)26)29-19-6-9-27-21-13-28-20(12-18(19)21)15-7-10-30(11-8-15)33(2,31)32/h3-6,9,12-15,23H,7-8,10-11H2,1-2H3,(H,27,29)/t14-/m1/s1. The number of piperidine rings is 1. The number of aromatic nitrogens is 2. The summed E-state index contributed by atoms with van der Waals surface area (Å²) in [5, 5.41) is 4.01. The summed E-state index contributed by atoms with van der Waals surface area (Å²) >= 11 is 0. The zero-order chi connectivity index (χ0) is 23.8. The van der Waals surface area contributed by atoms with Gasteiger partial charge in [-0.3, -0.25) is 9.97 Å². The highest BCUT2D eigenvalue weighted by atomic mass is 32.2. The van der Waals surface area contributed by atoms with Crippen molar-refractivity contribution in [3.63, 3.8) is 0 Å². The number of fused-ring (bicyclic) bond motifs is 1. The summed E-state index contributed by atoms with van der Waals surface area (Å²) < 4.78 is 65.9. The Hall–Kier alpha value is -2.72. The van der Waals surface area contributed by atoms with Crippen LogP contribution in [0, 0.1) is 5.82 Å². The minimum absolute atomic E-state index is 0.109. The van der Waals surface area contributed by atoms with E-state index in [-0.39, 0.29) is 11.5 Å². The molecule has 1 fully saturated rings. The van der Waals surface area contributed by atoms with Crippen molar-refractivity contribution in [1.29, 1.82) is 0 Å². The number of sulfonamides is 1. The predicted octanol–water partition coefficient (Wildman–Crippen LogP) is 5.02. The average molecular weight is 479 g/mol. The Morgan fingerprint density at radius 3 is 2.48 bits per heavy atom. The van der Waals surface area contributed by atoms with Crippen LogP contribution in [0.2, 0.25) is 0 Å². The normalized spacial score (nSPS) is 16.9. The van der Waals surface area contributed by atoms with Crippen LogP contribution in [0.15, 0.2) is 42.7 Å². The number of hydrogen-bond acceptors (Lipinski definition) is 5. The Balaban J connectivity index is 1.60. The minimum atomic E-state index is -3.21.